The van der Waals surface area contributed by atoms with Crippen molar-refractivity contribution in [2.24, 2.45) is 0 Å². The zero-order valence-electron chi connectivity index (χ0n) is 56.9. The maximum Gasteiger partial charge on any atom is 0.226 e. The summed E-state index contributed by atoms with van der Waals surface area (Å²) in [5.74, 6) is -2.05. The maximum absolute atomic E-state index is 9.76. The molecule has 17 atom stereocenters. The fraction of sp³-hybridized carbons (Fsp3) is 0.587. The van der Waals surface area contributed by atoms with Gasteiger partial charge in [0.2, 0.25) is 21.1 Å². The Labute approximate surface area is 611 Å². The molecule has 5 unspecified atom stereocenters. The van der Waals surface area contributed by atoms with Crippen molar-refractivity contribution in [1.29, 1.82) is 0 Å². The van der Waals surface area contributed by atoms with E-state index in [1.165, 1.54) is 6.42 Å². The second kappa shape index (κ2) is 28.3. The Bertz CT molecular complexity index is 4610. The van der Waals surface area contributed by atoms with Gasteiger partial charge in [0.15, 0.2) is 100 Å². The van der Waals surface area contributed by atoms with Gasteiger partial charge in [-0.3, -0.25) is 18.3 Å². The molecule has 1 aliphatic carbocycles. The number of benzene rings is 1. The van der Waals surface area contributed by atoms with Gasteiger partial charge < -0.3 is 105 Å². The number of rotatable bonds is 12. The Morgan fingerprint density at radius 2 is 0.788 bits per heavy atom. The number of fused-ring (bicyclic) bond motifs is 8. The summed E-state index contributed by atoms with van der Waals surface area (Å²) in [6.07, 6.45) is 3.54. The number of aromatic nitrogens is 16. The molecule has 37 nitrogen and oxygen atoms in total. The van der Waals surface area contributed by atoms with Crippen LogP contribution in [0.2, 0.25) is 21.1 Å². The summed E-state index contributed by atoms with van der Waals surface area (Å²) in [6.45, 7) is 10.8. The topological polar surface area (TPSA) is 468 Å². The highest BCUT2D eigenvalue weighted by Crippen LogP contribution is 2.51. The highest BCUT2D eigenvalue weighted by molar-refractivity contribution is 6.29. The lowest BCUT2D eigenvalue weighted by molar-refractivity contribution is -0.235. The lowest BCUT2D eigenvalue weighted by Gasteiger charge is -2.34. The van der Waals surface area contributed by atoms with Crippen LogP contribution in [0.5, 0.6) is 0 Å². The fourth-order valence-electron chi connectivity index (χ4n) is 14.4. The molecule has 18 rings (SSSR count). The van der Waals surface area contributed by atoms with Crippen molar-refractivity contribution in [3.63, 3.8) is 0 Å². The van der Waals surface area contributed by atoms with Crippen LogP contribution in [-0.4, -0.2) is 223 Å². The first-order valence-electron chi connectivity index (χ1n) is 33.4. The van der Waals surface area contributed by atoms with Crippen LogP contribution in [0.15, 0.2) is 55.6 Å². The molecule has 9 aromatic rings. The monoisotopic (exact) mass is 1520 g/mol. The van der Waals surface area contributed by atoms with E-state index in [-0.39, 0.29) is 107 Å². The van der Waals surface area contributed by atoms with Crippen molar-refractivity contribution in [3.05, 3.63) is 82.3 Å². The number of anilines is 4. The third-order valence-corrected chi connectivity index (χ3v) is 19.9. The summed E-state index contributed by atoms with van der Waals surface area (Å²) in [5, 5.41) is 29.2. The van der Waals surface area contributed by atoms with Crippen LogP contribution >= 0.6 is 46.4 Å². The highest BCUT2D eigenvalue weighted by atomic mass is 35.5. The van der Waals surface area contributed by atoms with Crippen molar-refractivity contribution >= 4 is 114 Å². The van der Waals surface area contributed by atoms with E-state index >= 15 is 0 Å². The molecule has 558 valence electrons. The van der Waals surface area contributed by atoms with E-state index in [4.69, 9.17) is 136 Å². The SMILES string of the molecule is CC1(C)OC2[C@@H](O1)[C@@H](CO)O[C@H]2n1cnc2c(N)nc(Cl)nc21.COC(C)(C)OC[C@H]1O[C@@H](n2cnc3c(N)nc(Cl)nc32)C2OC(C)(C)O[C@H]21.Nc1nc(Cl)nc2c1ncn2[C@@H]1O[C@H](CO)[C@@H]2OC(c3ccccc3)OC21.Nc1nc(Cl)nc2c1ncn2[C@@H]1O[C@H](CO)[C@@H]2OC3(CCCCC3)OC21. The van der Waals surface area contributed by atoms with Gasteiger partial charge in [-0.15, -0.1) is 0 Å². The number of nitrogens with two attached hydrogens (primary N) is 4. The van der Waals surface area contributed by atoms with Crippen molar-refractivity contribution in [1.82, 2.24) is 78.1 Å². The lowest BCUT2D eigenvalue weighted by atomic mass is 9.94. The number of hydrogen-bond donors (Lipinski definition) is 7. The van der Waals surface area contributed by atoms with E-state index in [9.17, 15) is 15.3 Å². The van der Waals surface area contributed by atoms with E-state index in [1.54, 1.807) is 50.7 Å². The van der Waals surface area contributed by atoms with Gasteiger partial charge in [-0.1, -0.05) is 36.8 Å². The Kier molecular flexibility index (Phi) is 19.8. The van der Waals surface area contributed by atoms with Crippen LogP contribution in [0.25, 0.3) is 44.7 Å². The van der Waals surface area contributed by atoms with Crippen LogP contribution in [-0.2, 0) is 66.3 Å². The molecule has 8 aromatic heterocycles. The van der Waals surface area contributed by atoms with Crippen molar-refractivity contribution in [3.8, 4) is 0 Å². The number of nitrogens with zero attached hydrogens (tertiary/aromatic N) is 16. The molecular formula is C63H76Cl4N20O17. The first-order valence-corrected chi connectivity index (χ1v) is 34.9. The summed E-state index contributed by atoms with van der Waals surface area (Å²) < 4.78 is 90.9. The van der Waals surface area contributed by atoms with E-state index in [1.807, 2.05) is 71.9 Å². The molecule has 0 amide bonds. The number of halogens is 4. The molecule has 41 heteroatoms. The van der Waals surface area contributed by atoms with Crippen molar-refractivity contribution < 1.29 is 81.6 Å². The molecule has 8 saturated heterocycles. The molecule has 0 bridgehead atoms. The lowest BCUT2D eigenvalue weighted by Crippen LogP contribution is -2.37. The zero-order chi connectivity index (χ0) is 73.1. The predicted octanol–water partition coefficient (Wildman–Crippen LogP) is 5.18. The molecule has 1 aromatic carbocycles. The van der Waals surface area contributed by atoms with Crippen LogP contribution in [0.3, 0.4) is 0 Å². The number of imidazole rings is 4. The number of nitrogen functional groups attached to an aromatic ring is 4. The minimum absolute atomic E-state index is 0.0146. The third kappa shape index (κ3) is 13.7. The molecule has 16 heterocycles. The molecule has 0 radical (unpaired) electrons. The second-order valence-electron chi connectivity index (χ2n) is 27.2. The smallest absolute Gasteiger partial charge is 0.226 e. The quantitative estimate of drug-likeness (QED) is 0.0612. The number of methoxy groups -OCH3 is 1. The fourth-order valence-corrected chi connectivity index (χ4v) is 15.1. The Morgan fingerprint density at radius 3 is 1.19 bits per heavy atom. The summed E-state index contributed by atoms with van der Waals surface area (Å²) in [6, 6.07) is 9.61. The summed E-state index contributed by atoms with van der Waals surface area (Å²) in [7, 11) is 1.59. The van der Waals surface area contributed by atoms with E-state index in [2.05, 4.69) is 59.8 Å². The summed E-state index contributed by atoms with van der Waals surface area (Å²) in [4.78, 5) is 49.6. The van der Waals surface area contributed by atoms with E-state index in [0.29, 0.717) is 44.7 Å². The average Bonchev–Trinajstić information content (AvgIpc) is 1.87. The largest absolute Gasteiger partial charge is 0.394 e. The van der Waals surface area contributed by atoms with Gasteiger partial charge in [-0.25, -0.2) is 19.9 Å². The summed E-state index contributed by atoms with van der Waals surface area (Å²) >= 11 is 23.8. The number of aliphatic hydroxyl groups excluding tert-OH is 3. The standard InChI is InChI=1S/C17H24ClN5O5.C17H16ClN5O4.C16H20ClN5O4.C13H16ClN5O4/c1-16(2,24-5)25-6-8-10-11(28-17(3,4)27-10)14(26-8)23-7-20-9-12(19)21-15(18)22-13(9)23;18-17-21-13(19)10-14(22-17)23(7-20-10)15-12-11(9(6-24)25-15)26-16(27-12)8-4-2-1-3-5-8;17-15-20-12(18)9-13(21-15)22(7-19-9)14-11-10(8(6-23)24-14)25-16(26-11)4-2-1-3-5-16;1-13(2)22-7-5(3-20)21-11(8(7)23-13)19-4-16-6-9(15)17-12(14)18-10(6)19/h7-8,10-11,14H,6H2,1-5H3,(H2,19,21,22);1-5,7,9,11-12,15-16,24H,6H2,(H2,19,21,22);7-8,10-11,14,23H,1-6H2,(H2,18,20,21);4-5,7-8,11,20H,3H2,1-2H3,(H2,15,17,18)/t8-,10+,11?,14-;9-,11+,12?,15-,16?;8-,10+,11?,14-;5-,7+,8?,11-/m1111/s1. The van der Waals surface area contributed by atoms with Gasteiger partial charge in [0.1, 0.15) is 95.3 Å². The molecule has 9 aliphatic rings. The second-order valence-corrected chi connectivity index (χ2v) is 28.6. The first kappa shape index (κ1) is 72.7. The van der Waals surface area contributed by atoms with Crippen LogP contribution in [0.1, 0.15) is 110 Å². The molecule has 1 saturated carbocycles. The third-order valence-electron chi connectivity index (χ3n) is 19.2. The Balaban J connectivity index is 0.000000112. The number of hydrogen-bond acceptors (Lipinski definition) is 33. The van der Waals surface area contributed by atoms with Crippen LogP contribution in [0.4, 0.5) is 23.3 Å². The minimum atomic E-state index is -0.757. The Morgan fingerprint density at radius 1 is 0.452 bits per heavy atom. The van der Waals surface area contributed by atoms with Crippen molar-refractivity contribution in [2.45, 2.75) is 201 Å². The minimum Gasteiger partial charge on any atom is -0.394 e. The average molecular weight is 1530 g/mol. The van der Waals surface area contributed by atoms with Crippen LogP contribution in [0, 0.1) is 0 Å². The highest BCUT2D eigenvalue weighted by Gasteiger charge is 2.61. The van der Waals surface area contributed by atoms with E-state index < -0.39 is 91.0 Å². The molecule has 104 heavy (non-hydrogen) atoms. The zero-order valence-corrected chi connectivity index (χ0v) is 59.9. The van der Waals surface area contributed by atoms with Gasteiger partial charge in [0, 0.05) is 25.5 Å². The summed E-state index contributed by atoms with van der Waals surface area (Å²) in [5.41, 5.74) is 28.0. The van der Waals surface area contributed by atoms with E-state index in [0.717, 1.165) is 31.2 Å². The van der Waals surface area contributed by atoms with Gasteiger partial charge >= 0.3 is 0 Å². The molecule has 1 spiro atoms. The first-order chi connectivity index (χ1) is 49.7. The van der Waals surface area contributed by atoms with Crippen LogP contribution < -0.4 is 22.9 Å². The number of ether oxygens (including phenoxy) is 14. The molecular weight excluding hydrogens is 1450 g/mol. The normalized spacial score (nSPS) is 31.2. The van der Waals surface area contributed by atoms with Crippen molar-refractivity contribution in [2.75, 3.05) is 56.5 Å². The van der Waals surface area contributed by atoms with Gasteiger partial charge in [-0.2, -0.15) is 39.9 Å². The van der Waals surface area contributed by atoms with Gasteiger partial charge in [0.25, 0.3) is 0 Å². The van der Waals surface area contributed by atoms with Gasteiger partial charge in [0.05, 0.1) is 51.7 Å². The number of aliphatic hydroxyl groups is 3. The Hall–Kier alpha value is -6.90. The molecule has 9 fully saturated rings. The maximum atomic E-state index is 9.76. The van der Waals surface area contributed by atoms with Gasteiger partial charge in [-0.05, 0) is 101 Å². The molecule has 8 aliphatic heterocycles. The predicted molar refractivity (Wildman–Crippen MR) is 365 cm³/mol. The molecule has 11 N–H and O–H groups in total.